The SMILES string of the molecule is Cc1cc(C)nc(SC(C(=O)Nc2ccc(S(N)(=O)=O)cc2)c2ccccc2)n1. The van der Waals surface area contributed by atoms with Crippen LogP contribution in [0.1, 0.15) is 22.2 Å². The molecule has 1 atom stereocenters. The van der Waals surface area contributed by atoms with Crippen LogP contribution in [0.4, 0.5) is 5.69 Å². The van der Waals surface area contributed by atoms with Crippen LogP contribution in [0, 0.1) is 13.8 Å². The number of aromatic nitrogens is 2. The van der Waals surface area contributed by atoms with E-state index in [1.54, 1.807) is 0 Å². The number of benzene rings is 2. The Hall–Kier alpha value is -2.75. The van der Waals surface area contributed by atoms with Gasteiger partial charge in [0.25, 0.3) is 0 Å². The van der Waals surface area contributed by atoms with E-state index in [1.165, 1.54) is 36.0 Å². The van der Waals surface area contributed by atoms with Crippen LogP contribution in [0.3, 0.4) is 0 Å². The van der Waals surface area contributed by atoms with Crippen molar-refractivity contribution < 1.29 is 13.2 Å². The van der Waals surface area contributed by atoms with Crippen molar-refractivity contribution in [3.63, 3.8) is 0 Å². The molecule has 0 bridgehead atoms. The summed E-state index contributed by atoms with van der Waals surface area (Å²) in [6.07, 6.45) is 0. The number of nitrogens with zero attached hydrogens (tertiary/aromatic N) is 2. The second-order valence-corrected chi connectivity index (χ2v) is 9.03. The molecule has 29 heavy (non-hydrogen) atoms. The van der Waals surface area contributed by atoms with E-state index in [9.17, 15) is 13.2 Å². The molecule has 0 saturated carbocycles. The van der Waals surface area contributed by atoms with Crippen LogP contribution in [0.25, 0.3) is 0 Å². The van der Waals surface area contributed by atoms with E-state index in [1.807, 2.05) is 50.2 Å². The first-order valence-electron chi connectivity index (χ1n) is 8.70. The highest BCUT2D eigenvalue weighted by atomic mass is 32.2. The molecule has 7 nitrogen and oxygen atoms in total. The molecule has 0 aliphatic carbocycles. The molecule has 3 rings (SSSR count). The van der Waals surface area contributed by atoms with E-state index in [4.69, 9.17) is 5.14 Å². The van der Waals surface area contributed by atoms with E-state index >= 15 is 0 Å². The van der Waals surface area contributed by atoms with Crippen LogP contribution in [-0.2, 0) is 14.8 Å². The Labute approximate surface area is 173 Å². The third-order valence-corrected chi connectivity index (χ3v) is 6.02. The summed E-state index contributed by atoms with van der Waals surface area (Å²) in [6.45, 7) is 3.76. The summed E-state index contributed by atoms with van der Waals surface area (Å²) in [5.41, 5.74) is 2.92. The number of nitrogens with two attached hydrogens (primary N) is 1. The summed E-state index contributed by atoms with van der Waals surface area (Å²) in [7, 11) is -3.79. The average molecular weight is 429 g/mol. The number of thioether (sulfide) groups is 1. The fourth-order valence-corrected chi connectivity index (χ4v) is 4.27. The Kier molecular flexibility index (Phi) is 6.31. The summed E-state index contributed by atoms with van der Waals surface area (Å²) < 4.78 is 22.8. The van der Waals surface area contributed by atoms with Crippen molar-refractivity contribution in [1.29, 1.82) is 0 Å². The Morgan fingerprint density at radius 3 is 2.14 bits per heavy atom. The highest BCUT2D eigenvalue weighted by Crippen LogP contribution is 2.34. The molecule has 1 heterocycles. The maximum Gasteiger partial charge on any atom is 0.242 e. The molecular formula is C20H20N4O3S2. The molecule has 2 aromatic carbocycles. The summed E-state index contributed by atoms with van der Waals surface area (Å²) in [5.74, 6) is -0.271. The van der Waals surface area contributed by atoms with Crippen molar-refractivity contribution >= 4 is 33.4 Å². The molecule has 0 spiro atoms. The number of anilines is 1. The number of sulfonamides is 1. The number of hydrogen-bond acceptors (Lipinski definition) is 6. The van der Waals surface area contributed by atoms with Crippen LogP contribution in [0.5, 0.6) is 0 Å². The summed E-state index contributed by atoms with van der Waals surface area (Å²) in [4.78, 5) is 21.9. The van der Waals surface area contributed by atoms with Crippen molar-refractivity contribution in [3.8, 4) is 0 Å². The van der Waals surface area contributed by atoms with Gasteiger partial charge in [0.1, 0.15) is 5.25 Å². The van der Waals surface area contributed by atoms with Gasteiger partial charge in [0.05, 0.1) is 4.90 Å². The molecule has 0 aliphatic rings. The Morgan fingerprint density at radius 2 is 1.59 bits per heavy atom. The van der Waals surface area contributed by atoms with Crippen molar-refractivity contribution in [2.75, 3.05) is 5.32 Å². The lowest BCUT2D eigenvalue weighted by molar-refractivity contribution is -0.115. The molecule has 0 saturated heterocycles. The largest absolute Gasteiger partial charge is 0.325 e. The standard InChI is InChI=1S/C20H20N4O3S2/c1-13-12-14(2)23-20(22-13)28-18(15-6-4-3-5-7-15)19(25)24-16-8-10-17(11-9-16)29(21,26)27/h3-12,18H,1-2H3,(H,24,25)(H2,21,26,27). The molecule has 3 aromatic rings. The van der Waals surface area contributed by atoms with E-state index in [0.717, 1.165) is 17.0 Å². The average Bonchev–Trinajstić information content (AvgIpc) is 2.65. The highest BCUT2D eigenvalue weighted by Gasteiger charge is 2.24. The smallest absolute Gasteiger partial charge is 0.242 e. The number of carbonyl (C=O) groups is 1. The Bertz CT molecular complexity index is 1100. The van der Waals surface area contributed by atoms with Gasteiger partial charge in [-0.1, -0.05) is 42.1 Å². The van der Waals surface area contributed by atoms with Gasteiger partial charge in [-0.15, -0.1) is 0 Å². The first kappa shape index (κ1) is 21.0. The third kappa shape index (κ3) is 5.63. The molecular weight excluding hydrogens is 408 g/mol. The van der Waals surface area contributed by atoms with E-state index in [-0.39, 0.29) is 10.8 Å². The van der Waals surface area contributed by atoms with Gasteiger partial charge in [-0.2, -0.15) is 0 Å². The second kappa shape index (κ2) is 8.73. The maximum absolute atomic E-state index is 13.0. The predicted octanol–water partition coefficient (Wildman–Crippen LogP) is 3.21. The van der Waals surface area contributed by atoms with E-state index < -0.39 is 15.3 Å². The molecule has 0 aliphatic heterocycles. The number of rotatable bonds is 6. The van der Waals surface area contributed by atoms with Crippen molar-refractivity contribution in [1.82, 2.24) is 9.97 Å². The number of aryl methyl sites for hydroxylation is 2. The summed E-state index contributed by atoms with van der Waals surface area (Å²) in [5, 5.41) is 7.85. The minimum Gasteiger partial charge on any atom is -0.325 e. The number of amides is 1. The van der Waals surface area contributed by atoms with Crippen LogP contribution in [0.15, 0.2) is 70.7 Å². The van der Waals surface area contributed by atoms with Crippen LogP contribution >= 0.6 is 11.8 Å². The molecule has 0 radical (unpaired) electrons. The first-order valence-corrected chi connectivity index (χ1v) is 11.1. The van der Waals surface area contributed by atoms with E-state index in [0.29, 0.717) is 10.8 Å². The van der Waals surface area contributed by atoms with Gasteiger partial charge in [-0.25, -0.2) is 23.5 Å². The zero-order valence-corrected chi connectivity index (χ0v) is 17.5. The van der Waals surface area contributed by atoms with Gasteiger partial charge in [0.15, 0.2) is 5.16 Å². The molecule has 150 valence electrons. The quantitative estimate of drug-likeness (QED) is 0.460. The Balaban J connectivity index is 1.86. The molecule has 1 aromatic heterocycles. The van der Waals surface area contributed by atoms with Gasteiger partial charge in [0, 0.05) is 17.1 Å². The minimum atomic E-state index is -3.79. The zero-order valence-electron chi connectivity index (χ0n) is 15.9. The topological polar surface area (TPSA) is 115 Å². The lowest BCUT2D eigenvalue weighted by atomic mass is 10.1. The third-order valence-electron chi connectivity index (χ3n) is 3.98. The van der Waals surface area contributed by atoms with Gasteiger partial charge in [0.2, 0.25) is 15.9 Å². The first-order chi connectivity index (χ1) is 13.7. The fourth-order valence-electron chi connectivity index (χ4n) is 2.69. The molecule has 1 amide bonds. The van der Waals surface area contributed by atoms with Crippen LogP contribution in [-0.4, -0.2) is 24.3 Å². The Morgan fingerprint density at radius 1 is 1.00 bits per heavy atom. The van der Waals surface area contributed by atoms with Gasteiger partial charge >= 0.3 is 0 Å². The predicted molar refractivity (Wildman–Crippen MR) is 113 cm³/mol. The molecule has 3 N–H and O–H groups in total. The normalized spacial score (nSPS) is 12.4. The monoisotopic (exact) mass is 428 g/mol. The van der Waals surface area contributed by atoms with Gasteiger partial charge in [-0.3, -0.25) is 4.79 Å². The fraction of sp³-hybridized carbons (Fsp3) is 0.150. The number of nitrogens with one attached hydrogen (secondary N) is 1. The highest BCUT2D eigenvalue weighted by molar-refractivity contribution is 8.00. The molecule has 1 unspecified atom stereocenters. The van der Waals surface area contributed by atoms with Crippen molar-refractivity contribution in [2.45, 2.75) is 29.1 Å². The summed E-state index contributed by atoms with van der Waals surface area (Å²) in [6, 6.07) is 16.9. The molecule has 9 heteroatoms. The van der Waals surface area contributed by atoms with E-state index in [2.05, 4.69) is 15.3 Å². The van der Waals surface area contributed by atoms with Crippen LogP contribution in [0.2, 0.25) is 0 Å². The number of carbonyl (C=O) groups excluding carboxylic acids is 1. The van der Waals surface area contributed by atoms with Gasteiger partial charge < -0.3 is 5.32 Å². The second-order valence-electron chi connectivity index (χ2n) is 6.40. The van der Waals surface area contributed by atoms with Crippen molar-refractivity contribution in [2.24, 2.45) is 5.14 Å². The molecule has 0 fully saturated rings. The summed E-state index contributed by atoms with van der Waals surface area (Å²) >= 11 is 1.25. The zero-order chi connectivity index (χ0) is 21.0. The lowest BCUT2D eigenvalue weighted by Crippen LogP contribution is -2.19. The van der Waals surface area contributed by atoms with Gasteiger partial charge in [-0.05, 0) is 49.7 Å². The van der Waals surface area contributed by atoms with Crippen LogP contribution < -0.4 is 10.5 Å². The number of hydrogen-bond donors (Lipinski definition) is 2. The van der Waals surface area contributed by atoms with Crippen molar-refractivity contribution in [3.05, 3.63) is 77.6 Å². The lowest BCUT2D eigenvalue weighted by Gasteiger charge is -2.17. The minimum absolute atomic E-state index is 0.0203. The number of primary sulfonamides is 1. The maximum atomic E-state index is 13.0.